The molecule has 0 bridgehead atoms. The van der Waals surface area contributed by atoms with E-state index < -0.39 is 20.0 Å². The van der Waals surface area contributed by atoms with Gasteiger partial charge in [-0.1, -0.05) is 173 Å². The summed E-state index contributed by atoms with van der Waals surface area (Å²) >= 11 is 0. The minimum atomic E-state index is -4.58. The van der Waals surface area contributed by atoms with Crippen molar-refractivity contribution >= 4 is 13.7 Å². The van der Waals surface area contributed by atoms with Crippen molar-refractivity contribution in [2.45, 2.75) is 212 Å². The van der Waals surface area contributed by atoms with E-state index in [0.717, 1.165) is 38.5 Å². The molecule has 0 aromatic rings. The van der Waals surface area contributed by atoms with Gasteiger partial charge in [0.15, 0.2) is 0 Å². The van der Waals surface area contributed by atoms with Crippen molar-refractivity contribution in [3.8, 4) is 0 Å². The van der Waals surface area contributed by atoms with Crippen molar-refractivity contribution in [3.05, 3.63) is 24.3 Å². The van der Waals surface area contributed by atoms with E-state index in [1.807, 2.05) is 27.2 Å². The largest absolute Gasteiger partial charge is 0.756 e. The zero-order chi connectivity index (χ0) is 39.3. The van der Waals surface area contributed by atoms with Crippen molar-refractivity contribution < 1.29 is 32.9 Å². The van der Waals surface area contributed by atoms with E-state index >= 15 is 0 Å². The summed E-state index contributed by atoms with van der Waals surface area (Å²) in [6.07, 6.45) is 42.2. The standard InChI is InChI=1S/C44H87N2O6P/c1-6-8-10-12-14-16-18-20-21-22-23-24-25-26-28-30-32-34-36-38-44(48)45-42(41-52-53(49,50)51-40-39-46(3,4)5)43(47)37-35-33-31-29-27-19-17-15-13-11-9-7-2/h22-23,35,37,42-43,47H,6-21,24-34,36,38-41H2,1-5H3,(H-,45,48,49,50)/b23-22-,37-35+. The third-order valence-corrected chi connectivity index (χ3v) is 10.9. The summed E-state index contributed by atoms with van der Waals surface area (Å²) in [5.74, 6) is -0.203. The summed E-state index contributed by atoms with van der Waals surface area (Å²) in [5.41, 5.74) is 0. The summed E-state index contributed by atoms with van der Waals surface area (Å²) < 4.78 is 23.2. The number of carbonyl (C=O) groups is 1. The van der Waals surface area contributed by atoms with Crippen molar-refractivity contribution in [1.29, 1.82) is 0 Å². The lowest BCUT2D eigenvalue weighted by Gasteiger charge is -2.29. The molecule has 0 aromatic heterocycles. The highest BCUT2D eigenvalue weighted by Gasteiger charge is 2.23. The Morgan fingerprint density at radius 1 is 0.642 bits per heavy atom. The van der Waals surface area contributed by atoms with Crippen LogP contribution >= 0.6 is 7.82 Å². The number of hydrogen-bond donors (Lipinski definition) is 2. The number of allylic oxidation sites excluding steroid dienone is 3. The fourth-order valence-corrected chi connectivity index (χ4v) is 7.05. The van der Waals surface area contributed by atoms with Crippen LogP contribution in [-0.2, 0) is 18.4 Å². The van der Waals surface area contributed by atoms with Crippen LogP contribution in [0.3, 0.4) is 0 Å². The minimum absolute atomic E-state index is 0.000926. The van der Waals surface area contributed by atoms with Gasteiger partial charge < -0.3 is 28.8 Å². The first-order valence-corrected chi connectivity index (χ1v) is 23.7. The second-order valence-corrected chi connectivity index (χ2v) is 17.8. The number of phosphoric acid groups is 1. The molecule has 3 atom stereocenters. The number of unbranched alkanes of at least 4 members (excludes halogenated alkanes) is 25. The smallest absolute Gasteiger partial charge is 0.268 e. The molecule has 53 heavy (non-hydrogen) atoms. The number of quaternary nitrogens is 1. The summed E-state index contributed by atoms with van der Waals surface area (Å²) in [6, 6.07) is -0.884. The van der Waals surface area contributed by atoms with Crippen LogP contribution < -0.4 is 10.2 Å². The monoisotopic (exact) mass is 771 g/mol. The number of amides is 1. The Kier molecular flexibility index (Phi) is 35.9. The molecule has 0 saturated carbocycles. The molecule has 9 heteroatoms. The van der Waals surface area contributed by atoms with Crippen LogP contribution in [0.1, 0.15) is 200 Å². The molecule has 8 nitrogen and oxygen atoms in total. The predicted octanol–water partition coefficient (Wildman–Crippen LogP) is 11.5. The van der Waals surface area contributed by atoms with Crippen LogP contribution in [0.2, 0.25) is 0 Å². The number of nitrogens with one attached hydrogen (secondary N) is 1. The van der Waals surface area contributed by atoms with Crippen LogP contribution in [0.15, 0.2) is 24.3 Å². The van der Waals surface area contributed by atoms with Crippen LogP contribution in [0.4, 0.5) is 0 Å². The first-order valence-electron chi connectivity index (χ1n) is 22.2. The zero-order valence-electron chi connectivity index (χ0n) is 35.5. The number of likely N-dealkylation sites (N-methyl/N-ethyl adjacent to an activating group) is 1. The van der Waals surface area contributed by atoms with Crippen molar-refractivity contribution in [2.24, 2.45) is 0 Å². The maximum Gasteiger partial charge on any atom is 0.268 e. The fraction of sp³-hybridized carbons (Fsp3) is 0.886. The van der Waals surface area contributed by atoms with E-state index in [9.17, 15) is 19.4 Å². The molecular formula is C44H87N2O6P. The average Bonchev–Trinajstić information content (AvgIpc) is 3.10. The second kappa shape index (κ2) is 36.6. The Morgan fingerprint density at radius 2 is 1.04 bits per heavy atom. The molecule has 0 saturated heterocycles. The van der Waals surface area contributed by atoms with Crippen LogP contribution in [-0.4, -0.2) is 68.5 Å². The van der Waals surface area contributed by atoms with Gasteiger partial charge in [-0.3, -0.25) is 9.36 Å². The van der Waals surface area contributed by atoms with Gasteiger partial charge in [-0.2, -0.15) is 0 Å². The summed E-state index contributed by atoms with van der Waals surface area (Å²) in [5, 5.41) is 13.7. The Hall–Kier alpha value is -1.02. The normalized spacial score (nSPS) is 14.6. The molecule has 3 unspecified atom stereocenters. The van der Waals surface area contributed by atoms with E-state index in [0.29, 0.717) is 17.4 Å². The summed E-state index contributed by atoms with van der Waals surface area (Å²) in [4.78, 5) is 25.3. The molecule has 0 fully saturated rings. The van der Waals surface area contributed by atoms with Gasteiger partial charge in [0.2, 0.25) is 5.91 Å². The van der Waals surface area contributed by atoms with E-state index in [1.165, 1.54) is 141 Å². The van der Waals surface area contributed by atoms with Gasteiger partial charge in [0, 0.05) is 6.42 Å². The first-order chi connectivity index (χ1) is 25.5. The highest BCUT2D eigenvalue weighted by atomic mass is 31.2. The number of nitrogens with zero attached hydrogens (tertiary/aromatic N) is 1. The molecule has 0 spiro atoms. The zero-order valence-corrected chi connectivity index (χ0v) is 36.4. The molecule has 0 rings (SSSR count). The van der Waals surface area contributed by atoms with Crippen LogP contribution in [0.25, 0.3) is 0 Å². The first kappa shape index (κ1) is 52.0. The highest BCUT2D eigenvalue weighted by Crippen LogP contribution is 2.38. The molecule has 0 aliphatic rings. The second-order valence-electron chi connectivity index (χ2n) is 16.4. The topological polar surface area (TPSA) is 108 Å². The van der Waals surface area contributed by atoms with E-state index in [2.05, 4.69) is 31.3 Å². The lowest BCUT2D eigenvalue weighted by atomic mass is 10.0. The number of aliphatic hydroxyl groups is 1. The van der Waals surface area contributed by atoms with Crippen molar-refractivity contribution in [3.63, 3.8) is 0 Å². The van der Waals surface area contributed by atoms with E-state index in [-0.39, 0.29) is 19.1 Å². The number of phosphoric ester groups is 1. The molecule has 0 aliphatic carbocycles. The van der Waals surface area contributed by atoms with Gasteiger partial charge in [-0.15, -0.1) is 0 Å². The van der Waals surface area contributed by atoms with Crippen LogP contribution in [0, 0.1) is 0 Å². The van der Waals surface area contributed by atoms with Crippen molar-refractivity contribution in [1.82, 2.24) is 5.32 Å². The Balaban J connectivity index is 4.37. The van der Waals surface area contributed by atoms with E-state index in [4.69, 9.17) is 9.05 Å². The maximum absolute atomic E-state index is 12.8. The molecule has 2 N–H and O–H groups in total. The molecule has 0 heterocycles. The summed E-state index contributed by atoms with van der Waals surface area (Å²) in [7, 11) is 1.26. The molecule has 0 aliphatic heterocycles. The highest BCUT2D eigenvalue weighted by molar-refractivity contribution is 7.45. The number of hydrogen-bond acceptors (Lipinski definition) is 6. The van der Waals surface area contributed by atoms with E-state index in [1.54, 1.807) is 6.08 Å². The molecular weight excluding hydrogens is 683 g/mol. The van der Waals surface area contributed by atoms with Gasteiger partial charge in [0.25, 0.3) is 7.82 Å². The fourth-order valence-electron chi connectivity index (χ4n) is 6.32. The maximum atomic E-state index is 12.8. The molecule has 0 radical (unpaired) electrons. The van der Waals surface area contributed by atoms with Crippen molar-refractivity contribution in [2.75, 3.05) is 40.9 Å². The lowest BCUT2D eigenvalue weighted by Crippen LogP contribution is -2.45. The summed E-state index contributed by atoms with van der Waals surface area (Å²) in [6.45, 7) is 4.63. The third-order valence-electron chi connectivity index (χ3n) is 9.91. The quantitative estimate of drug-likeness (QED) is 0.0278. The van der Waals surface area contributed by atoms with Crippen LogP contribution in [0.5, 0.6) is 0 Å². The predicted molar refractivity (Wildman–Crippen MR) is 224 cm³/mol. The Labute approximate surface area is 328 Å². The Morgan fingerprint density at radius 3 is 1.47 bits per heavy atom. The van der Waals surface area contributed by atoms with Gasteiger partial charge in [0.05, 0.1) is 39.9 Å². The molecule has 314 valence electrons. The third kappa shape index (κ3) is 39.0. The van der Waals surface area contributed by atoms with Gasteiger partial charge in [-0.25, -0.2) is 0 Å². The number of rotatable bonds is 40. The lowest BCUT2D eigenvalue weighted by molar-refractivity contribution is -0.870. The Bertz CT molecular complexity index is 922. The van der Waals surface area contributed by atoms with Gasteiger partial charge in [0.1, 0.15) is 13.2 Å². The number of aliphatic hydroxyl groups excluding tert-OH is 1. The minimum Gasteiger partial charge on any atom is -0.756 e. The number of carbonyl (C=O) groups excluding carboxylic acids is 1. The van der Waals surface area contributed by atoms with Gasteiger partial charge >= 0.3 is 0 Å². The molecule has 1 amide bonds. The molecule has 0 aromatic carbocycles. The van der Waals surface area contributed by atoms with Gasteiger partial charge in [-0.05, 0) is 44.9 Å². The average molecular weight is 771 g/mol. The SMILES string of the molecule is CCCCCCCCCC/C=C\CCCCCCCCCC(=O)NC(COP(=O)([O-])OCC[N+](C)(C)C)C(O)/C=C/CCCCCCCCCCCC.